The van der Waals surface area contributed by atoms with Crippen LogP contribution in [0.5, 0.6) is 0 Å². The number of nitrogens with one attached hydrogen (secondary N) is 2. The van der Waals surface area contributed by atoms with Gasteiger partial charge < -0.3 is 10.5 Å². The number of amides is 1. The first kappa shape index (κ1) is 18.0. The molecule has 1 amide bonds. The predicted octanol–water partition coefficient (Wildman–Crippen LogP) is 2.83. The van der Waals surface area contributed by atoms with E-state index in [2.05, 4.69) is 25.3 Å². The van der Waals surface area contributed by atoms with Crippen molar-refractivity contribution in [2.75, 3.05) is 4.72 Å². The van der Waals surface area contributed by atoms with Crippen molar-refractivity contribution in [3.05, 3.63) is 66.2 Å². The summed E-state index contributed by atoms with van der Waals surface area (Å²) in [5, 5.41) is 13.8. The van der Waals surface area contributed by atoms with Gasteiger partial charge in [-0.15, -0.1) is 21.5 Å². The standard InChI is InChI=1S/C18H14N6O2S2/c19-17(25)12-4-1-3-11(9-12)15-7-8-16(27-15)28(26)22-14-6-2-5-13(10-14)18-20-23-24-21-18/h1-10,22H,(H2,19,25)(H,20,21,23,24). The average molecular weight is 410 g/mol. The van der Waals surface area contributed by atoms with Crippen LogP contribution >= 0.6 is 11.3 Å². The zero-order valence-electron chi connectivity index (χ0n) is 14.3. The molecule has 2 aromatic heterocycles. The molecule has 4 N–H and O–H groups in total. The van der Waals surface area contributed by atoms with Crippen molar-refractivity contribution in [1.82, 2.24) is 20.6 Å². The number of thiophene rings is 1. The lowest BCUT2D eigenvalue weighted by molar-refractivity contribution is 0.100. The molecular formula is C18H14N6O2S2. The summed E-state index contributed by atoms with van der Waals surface area (Å²) in [6.07, 6.45) is 0. The van der Waals surface area contributed by atoms with Crippen molar-refractivity contribution in [2.24, 2.45) is 5.73 Å². The maximum atomic E-state index is 12.7. The molecule has 1 unspecified atom stereocenters. The Hall–Kier alpha value is -3.37. The molecule has 4 rings (SSSR count). The number of aromatic nitrogens is 4. The maximum Gasteiger partial charge on any atom is 0.248 e. The highest BCUT2D eigenvalue weighted by Crippen LogP contribution is 2.31. The fourth-order valence-electron chi connectivity index (χ4n) is 2.56. The summed E-state index contributed by atoms with van der Waals surface area (Å²) in [4.78, 5) is 12.3. The van der Waals surface area contributed by atoms with Crippen LogP contribution < -0.4 is 10.5 Å². The van der Waals surface area contributed by atoms with Gasteiger partial charge in [-0.05, 0) is 47.2 Å². The molecule has 0 aliphatic rings. The Labute approximate surface area is 166 Å². The highest BCUT2D eigenvalue weighted by molar-refractivity contribution is 7.88. The summed E-state index contributed by atoms with van der Waals surface area (Å²) in [6, 6.07) is 18.0. The first-order valence-electron chi connectivity index (χ1n) is 8.12. The van der Waals surface area contributed by atoms with Crippen molar-refractivity contribution < 1.29 is 9.00 Å². The van der Waals surface area contributed by atoms with E-state index in [-0.39, 0.29) is 0 Å². The summed E-state index contributed by atoms with van der Waals surface area (Å²) < 4.78 is 16.4. The fourth-order valence-corrected chi connectivity index (χ4v) is 4.63. The van der Waals surface area contributed by atoms with Gasteiger partial charge >= 0.3 is 0 Å². The molecule has 0 radical (unpaired) electrons. The summed E-state index contributed by atoms with van der Waals surface area (Å²) in [6.45, 7) is 0. The second-order valence-electron chi connectivity index (χ2n) is 5.75. The van der Waals surface area contributed by atoms with Crippen LogP contribution in [-0.2, 0) is 11.0 Å². The number of nitrogens with two attached hydrogens (primary N) is 1. The molecule has 140 valence electrons. The van der Waals surface area contributed by atoms with Gasteiger partial charge in [0.05, 0.1) is 0 Å². The Balaban J connectivity index is 1.53. The Morgan fingerprint density at radius 2 is 1.89 bits per heavy atom. The van der Waals surface area contributed by atoms with Gasteiger partial charge in [0.2, 0.25) is 11.7 Å². The van der Waals surface area contributed by atoms with Gasteiger partial charge in [0.15, 0.2) is 11.0 Å². The maximum absolute atomic E-state index is 12.7. The molecule has 28 heavy (non-hydrogen) atoms. The second-order valence-corrected chi connectivity index (χ2v) is 8.27. The second kappa shape index (κ2) is 7.71. The quantitative estimate of drug-likeness (QED) is 0.450. The number of tetrazole rings is 1. The van der Waals surface area contributed by atoms with E-state index in [1.54, 1.807) is 30.3 Å². The minimum absolute atomic E-state index is 0.435. The van der Waals surface area contributed by atoms with Crippen LogP contribution in [-0.4, -0.2) is 30.7 Å². The summed E-state index contributed by atoms with van der Waals surface area (Å²) >= 11 is 1.38. The van der Waals surface area contributed by atoms with Crippen molar-refractivity contribution in [1.29, 1.82) is 0 Å². The van der Waals surface area contributed by atoms with Crippen LogP contribution in [0.25, 0.3) is 21.8 Å². The fraction of sp³-hybridized carbons (Fsp3) is 0. The molecule has 8 nitrogen and oxygen atoms in total. The van der Waals surface area contributed by atoms with Gasteiger partial charge in [-0.2, -0.15) is 5.21 Å². The van der Waals surface area contributed by atoms with E-state index in [0.717, 1.165) is 16.0 Å². The van der Waals surface area contributed by atoms with E-state index in [4.69, 9.17) is 5.73 Å². The van der Waals surface area contributed by atoms with Crippen LogP contribution in [0.15, 0.2) is 64.9 Å². The van der Waals surface area contributed by atoms with Gasteiger partial charge in [0.1, 0.15) is 4.21 Å². The van der Waals surface area contributed by atoms with Crippen molar-refractivity contribution >= 4 is 33.9 Å². The van der Waals surface area contributed by atoms with Crippen LogP contribution in [0.2, 0.25) is 0 Å². The van der Waals surface area contributed by atoms with Gasteiger partial charge in [-0.25, -0.2) is 4.21 Å². The number of primary amides is 1. The molecule has 2 aromatic carbocycles. The number of rotatable bonds is 6. The smallest absolute Gasteiger partial charge is 0.248 e. The van der Waals surface area contributed by atoms with E-state index in [9.17, 15) is 9.00 Å². The van der Waals surface area contributed by atoms with Crippen molar-refractivity contribution in [2.45, 2.75) is 4.21 Å². The molecule has 0 fully saturated rings. The van der Waals surface area contributed by atoms with E-state index in [0.29, 0.717) is 21.3 Å². The molecular weight excluding hydrogens is 396 g/mol. The zero-order valence-corrected chi connectivity index (χ0v) is 16.0. The number of carbonyl (C=O) groups is 1. The van der Waals surface area contributed by atoms with Gasteiger partial charge in [0.25, 0.3) is 0 Å². The number of carbonyl (C=O) groups excluding carboxylic acids is 1. The monoisotopic (exact) mass is 410 g/mol. The van der Waals surface area contributed by atoms with Gasteiger partial charge in [-0.1, -0.05) is 24.3 Å². The number of nitrogens with zero attached hydrogens (tertiary/aromatic N) is 3. The molecule has 4 aromatic rings. The normalized spacial score (nSPS) is 11.9. The minimum Gasteiger partial charge on any atom is -0.366 e. The number of aromatic amines is 1. The Morgan fingerprint density at radius 1 is 1.07 bits per heavy atom. The Bertz CT molecular complexity index is 1160. The number of anilines is 1. The predicted molar refractivity (Wildman–Crippen MR) is 108 cm³/mol. The SMILES string of the molecule is NC(=O)c1cccc(-c2ccc(S(=O)Nc3cccc(-c4nn[nH]n4)c3)s2)c1. The number of H-pyrrole nitrogens is 1. The van der Waals surface area contributed by atoms with Crippen LogP contribution in [0, 0.1) is 0 Å². The molecule has 0 aliphatic heterocycles. The molecule has 0 bridgehead atoms. The molecule has 0 saturated carbocycles. The lowest BCUT2D eigenvalue weighted by Crippen LogP contribution is -2.10. The van der Waals surface area contributed by atoms with E-state index >= 15 is 0 Å². The molecule has 10 heteroatoms. The molecule has 2 heterocycles. The van der Waals surface area contributed by atoms with Crippen molar-refractivity contribution in [3.63, 3.8) is 0 Å². The molecule has 1 atom stereocenters. The third-order valence-corrected chi connectivity index (χ3v) is 6.43. The highest BCUT2D eigenvalue weighted by Gasteiger charge is 2.12. The van der Waals surface area contributed by atoms with E-state index in [1.165, 1.54) is 11.3 Å². The van der Waals surface area contributed by atoms with Gasteiger partial charge in [-0.3, -0.25) is 4.79 Å². The third-order valence-electron chi connectivity index (χ3n) is 3.87. The first-order valence-corrected chi connectivity index (χ1v) is 10.1. The minimum atomic E-state index is -1.44. The highest BCUT2D eigenvalue weighted by atomic mass is 32.2. The van der Waals surface area contributed by atoms with Crippen LogP contribution in [0.4, 0.5) is 5.69 Å². The first-order chi connectivity index (χ1) is 13.6. The molecule has 0 aliphatic carbocycles. The van der Waals surface area contributed by atoms with Crippen molar-refractivity contribution in [3.8, 4) is 21.8 Å². The largest absolute Gasteiger partial charge is 0.366 e. The molecule has 0 spiro atoms. The Kier molecular flexibility index (Phi) is 4.96. The van der Waals surface area contributed by atoms with Gasteiger partial charge in [0, 0.05) is 21.7 Å². The Morgan fingerprint density at radius 3 is 2.68 bits per heavy atom. The number of hydrogen-bond donors (Lipinski definition) is 3. The lowest BCUT2D eigenvalue weighted by Gasteiger charge is -2.05. The summed E-state index contributed by atoms with van der Waals surface area (Å²) in [7, 11) is -1.44. The zero-order chi connectivity index (χ0) is 19.5. The molecule has 0 saturated heterocycles. The summed E-state index contributed by atoms with van der Waals surface area (Å²) in [5.41, 5.74) is 8.05. The van der Waals surface area contributed by atoms with Crippen LogP contribution in [0.1, 0.15) is 10.4 Å². The summed E-state index contributed by atoms with van der Waals surface area (Å²) in [5.74, 6) is -0.0208. The topological polar surface area (TPSA) is 127 Å². The number of hydrogen-bond acceptors (Lipinski definition) is 6. The number of benzene rings is 2. The van der Waals surface area contributed by atoms with E-state index in [1.807, 2.05) is 30.3 Å². The van der Waals surface area contributed by atoms with E-state index < -0.39 is 16.9 Å². The lowest BCUT2D eigenvalue weighted by atomic mass is 10.1. The van der Waals surface area contributed by atoms with Crippen LogP contribution in [0.3, 0.4) is 0 Å². The average Bonchev–Trinajstić information content (AvgIpc) is 3.40. The third kappa shape index (κ3) is 3.82.